The van der Waals surface area contributed by atoms with Crippen molar-refractivity contribution in [2.45, 2.75) is 0 Å². The van der Waals surface area contributed by atoms with Crippen molar-refractivity contribution in [3.8, 4) is 22.4 Å². The van der Waals surface area contributed by atoms with Gasteiger partial charge in [0.2, 0.25) is 0 Å². The Labute approximate surface area is 176 Å². The summed E-state index contributed by atoms with van der Waals surface area (Å²) < 4.78 is 3.40. The second kappa shape index (κ2) is 6.51. The number of aromatic nitrogens is 4. The summed E-state index contributed by atoms with van der Waals surface area (Å²) in [7, 11) is 3.65. The van der Waals surface area contributed by atoms with Crippen molar-refractivity contribution in [1.29, 1.82) is 0 Å². The summed E-state index contributed by atoms with van der Waals surface area (Å²) in [4.78, 5) is 16.4. The SMILES string of the molecule is Cn1ccc(-c2ccc3[nH]c4c(cc(-c5ccc(Cl)cc5Cl)c(=O)n4C)c3c2)n1. The van der Waals surface area contributed by atoms with E-state index in [9.17, 15) is 4.79 Å². The molecule has 0 atom stereocenters. The lowest BCUT2D eigenvalue weighted by molar-refractivity contribution is 0.771. The van der Waals surface area contributed by atoms with E-state index >= 15 is 0 Å². The Balaban J connectivity index is 1.81. The Morgan fingerprint density at radius 3 is 2.48 bits per heavy atom. The number of aromatic amines is 1. The molecular weight excluding hydrogens is 407 g/mol. The van der Waals surface area contributed by atoms with Crippen LogP contribution in [-0.4, -0.2) is 19.3 Å². The maximum Gasteiger partial charge on any atom is 0.259 e. The van der Waals surface area contributed by atoms with E-state index in [1.165, 1.54) is 0 Å². The molecule has 7 heteroatoms. The predicted molar refractivity (Wildman–Crippen MR) is 119 cm³/mol. The highest BCUT2D eigenvalue weighted by Gasteiger charge is 2.16. The molecule has 144 valence electrons. The van der Waals surface area contributed by atoms with Crippen LogP contribution in [0.3, 0.4) is 0 Å². The van der Waals surface area contributed by atoms with Crippen LogP contribution in [0.2, 0.25) is 10.0 Å². The Hall–Kier alpha value is -3.02. The zero-order valence-corrected chi connectivity index (χ0v) is 17.2. The van der Waals surface area contributed by atoms with Gasteiger partial charge in [0.05, 0.1) is 10.7 Å². The maximum atomic E-state index is 13.0. The fourth-order valence-electron chi connectivity index (χ4n) is 3.73. The van der Waals surface area contributed by atoms with Crippen molar-refractivity contribution in [3.05, 3.63) is 75.1 Å². The average molecular weight is 423 g/mol. The molecule has 0 amide bonds. The molecule has 0 spiro atoms. The first-order chi connectivity index (χ1) is 13.9. The number of H-pyrrole nitrogens is 1. The third-order valence-electron chi connectivity index (χ3n) is 5.21. The van der Waals surface area contributed by atoms with Gasteiger partial charge in [0.25, 0.3) is 5.56 Å². The van der Waals surface area contributed by atoms with Crippen LogP contribution >= 0.6 is 23.2 Å². The standard InChI is InChI=1S/C22H16Cl2N4O/c1-27-8-7-19(26-27)12-3-6-20-15(9-12)16-11-17(22(29)28(2)21(16)25-20)14-5-4-13(23)10-18(14)24/h3-11,25H,1-2H3. The second-order valence-corrected chi connectivity index (χ2v) is 7.91. The molecule has 0 aliphatic rings. The molecule has 0 aliphatic heterocycles. The average Bonchev–Trinajstić information content (AvgIpc) is 3.28. The monoisotopic (exact) mass is 422 g/mol. The van der Waals surface area contributed by atoms with Gasteiger partial charge in [0.1, 0.15) is 5.65 Å². The molecule has 0 saturated carbocycles. The first-order valence-electron chi connectivity index (χ1n) is 9.03. The highest BCUT2D eigenvalue weighted by Crippen LogP contribution is 2.33. The lowest BCUT2D eigenvalue weighted by atomic mass is 10.0. The minimum Gasteiger partial charge on any atom is -0.341 e. The number of benzene rings is 2. The van der Waals surface area contributed by atoms with E-state index in [-0.39, 0.29) is 5.56 Å². The number of hydrogen-bond donors (Lipinski definition) is 1. The van der Waals surface area contributed by atoms with Crippen LogP contribution in [0.4, 0.5) is 0 Å². The molecule has 5 aromatic rings. The molecule has 0 bridgehead atoms. The summed E-state index contributed by atoms with van der Waals surface area (Å²) in [6.45, 7) is 0. The quantitative estimate of drug-likeness (QED) is 0.414. The van der Waals surface area contributed by atoms with Crippen molar-refractivity contribution in [3.63, 3.8) is 0 Å². The highest BCUT2D eigenvalue weighted by molar-refractivity contribution is 6.36. The van der Waals surface area contributed by atoms with E-state index in [1.807, 2.05) is 37.5 Å². The van der Waals surface area contributed by atoms with Gasteiger partial charge in [0, 0.05) is 58.3 Å². The molecule has 5 rings (SSSR count). The lowest BCUT2D eigenvalue weighted by Crippen LogP contribution is -2.19. The molecule has 3 aromatic heterocycles. The summed E-state index contributed by atoms with van der Waals surface area (Å²) in [5.41, 5.74) is 4.69. The number of halogens is 2. The molecule has 0 aliphatic carbocycles. The van der Waals surface area contributed by atoms with Gasteiger partial charge in [-0.15, -0.1) is 0 Å². The van der Waals surface area contributed by atoms with Gasteiger partial charge < -0.3 is 4.98 Å². The third-order valence-corrected chi connectivity index (χ3v) is 5.76. The van der Waals surface area contributed by atoms with E-state index in [0.29, 0.717) is 21.2 Å². The largest absolute Gasteiger partial charge is 0.341 e. The zero-order chi connectivity index (χ0) is 20.3. The molecule has 0 unspecified atom stereocenters. The van der Waals surface area contributed by atoms with Crippen LogP contribution < -0.4 is 5.56 Å². The number of rotatable bonds is 2. The van der Waals surface area contributed by atoms with Gasteiger partial charge >= 0.3 is 0 Å². The number of aryl methyl sites for hydroxylation is 2. The van der Waals surface area contributed by atoms with E-state index < -0.39 is 0 Å². The van der Waals surface area contributed by atoms with Crippen molar-refractivity contribution in [2.75, 3.05) is 0 Å². The van der Waals surface area contributed by atoms with Crippen LogP contribution in [0.5, 0.6) is 0 Å². The summed E-state index contributed by atoms with van der Waals surface area (Å²) in [5.74, 6) is 0. The predicted octanol–water partition coefficient (Wildman–Crippen LogP) is 5.39. The van der Waals surface area contributed by atoms with Crippen molar-refractivity contribution >= 4 is 45.1 Å². The minimum absolute atomic E-state index is 0.127. The van der Waals surface area contributed by atoms with Gasteiger partial charge in [-0.1, -0.05) is 35.3 Å². The molecule has 1 N–H and O–H groups in total. The van der Waals surface area contributed by atoms with E-state index in [1.54, 1.807) is 34.5 Å². The molecule has 3 heterocycles. The number of hydrogen-bond acceptors (Lipinski definition) is 2. The Morgan fingerprint density at radius 2 is 1.76 bits per heavy atom. The van der Waals surface area contributed by atoms with Crippen molar-refractivity contribution in [1.82, 2.24) is 19.3 Å². The smallest absolute Gasteiger partial charge is 0.259 e. The van der Waals surface area contributed by atoms with Gasteiger partial charge in [0.15, 0.2) is 0 Å². The molecule has 5 nitrogen and oxygen atoms in total. The summed E-state index contributed by atoms with van der Waals surface area (Å²) in [6, 6.07) is 15.2. The highest BCUT2D eigenvalue weighted by atomic mass is 35.5. The Morgan fingerprint density at radius 1 is 0.931 bits per heavy atom. The Kier molecular flexibility index (Phi) is 4.05. The van der Waals surface area contributed by atoms with Gasteiger partial charge in [-0.25, -0.2) is 0 Å². The molecular formula is C22H16Cl2N4O. The Bertz CT molecular complexity index is 1480. The third kappa shape index (κ3) is 2.85. The number of pyridine rings is 1. The van der Waals surface area contributed by atoms with Crippen LogP contribution in [0.25, 0.3) is 44.3 Å². The molecule has 2 aromatic carbocycles. The zero-order valence-electron chi connectivity index (χ0n) is 15.7. The normalized spacial score (nSPS) is 11.6. The van der Waals surface area contributed by atoms with E-state index in [2.05, 4.69) is 16.1 Å². The van der Waals surface area contributed by atoms with Crippen LogP contribution in [-0.2, 0) is 14.1 Å². The van der Waals surface area contributed by atoms with E-state index in [4.69, 9.17) is 23.2 Å². The van der Waals surface area contributed by atoms with Gasteiger partial charge in [-0.3, -0.25) is 14.0 Å². The van der Waals surface area contributed by atoms with Gasteiger partial charge in [-0.05, 0) is 36.4 Å². The first kappa shape index (κ1) is 18.0. The molecule has 0 saturated heterocycles. The maximum absolute atomic E-state index is 13.0. The molecule has 0 fully saturated rings. The minimum atomic E-state index is -0.127. The number of nitrogens with one attached hydrogen (secondary N) is 1. The van der Waals surface area contributed by atoms with Crippen LogP contribution in [0.15, 0.2) is 59.5 Å². The van der Waals surface area contributed by atoms with Gasteiger partial charge in [-0.2, -0.15) is 5.10 Å². The fourth-order valence-corrected chi connectivity index (χ4v) is 4.24. The topological polar surface area (TPSA) is 55.6 Å². The number of nitrogens with zero attached hydrogens (tertiary/aromatic N) is 3. The van der Waals surface area contributed by atoms with Crippen molar-refractivity contribution < 1.29 is 0 Å². The van der Waals surface area contributed by atoms with Crippen LogP contribution in [0, 0.1) is 0 Å². The molecule has 29 heavy (non-hydrogen) atoms. The lowest BCUT2D eigenvalue weighted by Gasteiger charge is -2.08. The van der Waals surface area contributed by atoms with Crippen LogP contribution in [0.1, 0.15) is 0 Å². The summed E-state index contributed by atoms with van der Waals surface area (Å²) in [5, 5.41) is 7.43. The van der Waals surface area contributed by atoms with E-state index in [0.717, 1.165) is 33.2 Å². The molecule has 0 radical (unpaired) electrons. The summed E-state index contributed by atoms with van der Waals surface area (Å²) in [6.07, 6.45) is 1.92. The van der Waals surface area contributed by atoms with Crippen molar-refractivity contribution in [2.24, 2.45) is 14.1 Å². The first-order valence-corrected chi connectivity index (χ1v) is 9.79. The second-order valence-electron chi connectivity index (χ2n) is 7.07. The summed E-state index contributed by atoms with van der Waals surface area (Å²) >= 11 is 12.4. The number of fused-ring (bicyclic) bond motifs is 3. The fraction of sp³-hybridized carbons (Fsp3) is 0.0909.